The second-order valence-corrected chi connectivity index (χ2v) is 13.2. The molecule has 4 aromatic carbocycles. The molecule has 0 radical (unpaired) electrons. The Morgan fingerprint density at radius 2 is 1.48 bits per heavy atom. The van der Waals surface area contributed by atoms with Crippen LogP contribution >= 0.6 is 0 Å². The van der Waals surface area contributed by atoms with Crippen molar-refractivity contribution in [1.82, 2.24) is 4.98 Å². The highest BCUT2D eigenvalue weighted by atomic mass is 16.6. The van der Waals surface area contributed by atoms with Crippen molar-refractivity contribution in [3.8, 4) is 22.5 Å². The lowest BCUT2D eigenvalue weighted by Crippen LogP contribution is -2.56. The van der Waals surface area contributed by atoms with Crippen LogP contribution in [0.3, 0.4) is 0 Å². The van der Waals surface area contributed by atoms with Crippen molar-refractivity contribution in [2.75, 3.05) is 7.11 Å². The minimum atomic E-state index is -1.38. The lowest BCUT2D eigenvalue weighted by atomic mass is 9.74. The maximum Gasteiger partial charge on any atom is 0.288 e. The van der Waals surface area contributed by atoms with E-state index in [0.29, 0.717) is 5.92 Å². The predicted molar refractivity (Wildman–Crippen MR) is 159 cm³/mol. The van der Waals surface area contributed by atoms with E-state index < -0.39 is 16.7 Å². The van der Waals surface area contributed by atoms with Gasteiger partial charge in [-0.15, -0.1) is 0 Å². The molecule has 5 aromatic rings. The largest absolute Gasteiger partial charge is 0.361 e. The van der Waals surface area contributed by atoms with Gasteiger partial charge in [0.2, 0.25) is 5.79 Å². The minimum Gasteiger partial charge on any atom is -0.361 e. The summed E-state index contributed by atoms with van der Waals surface area (Å²) in [6.07, 6.45) is 1.96. The summed E-state index contributed by atoms with van der Waals surface area (Å²) in [6.45, 7) is 13.5. The van der Waals surface area contributed by atoms with Crippen LogP contribution in [0.1, 0.15) is 69.7 Å². The molecular weight excluding hydrogens is 492 g/mol. The van der Waals surface area contributed by atoms with Crippen molar-refractivity contribution in [3.05, 3.63) is 95.3 Å². The fourth-order valence-corrected chi connectivity index (χ4v) is 8.61. The van der Waals surface area contributed by atoms with E-state index in [4.69, 9.17) is 9.72 Å². The van der Waals surface area contributed by atoms with Crippen LogP contribution in [0, 0.1) is 0 Å². The fraction of sp³-hybridized carbons (Fsp3) is 0.333. The van der Waals surface area contributed by atoms with Gasteiger partial charge in [-0.05, 0) is 81.2 Å². The van der Waals surface area contributed by atoms with Gasteiger partial charge in [-0.3, -0.25) is 0 Å². The van der Waals surface area contributed by atoms with Crippen LogP contribution in [-0.4, -0.2) is 23.0 Å². The van der Waals surface area contributed by atoms with E-state index in [0.717, 1.165) is 11.4 Å². The monoisotopic (exact) mass is 527 g/mol. The lowest BCUT2D eigenvalue weighted by molar-refractivity contribution is -0.744. The van der Waals surface area contributed by atoms with E-state index in [-0.39, 0.29) is 5.41 Å². The number of aliphatic hydroxyl groups is 1. The van der Waals surface area contributed by atoms with Crippen LogP contribution in [0.15, 0.2) is 73.1 Å². The molecule has 2 aliphatic carbocycles. The van der Waals surface area contributed by atoms with Crippen molar-refractivity contribution >= 4 is 21.5 Å². The van der Waals surface area contributed by atoms with E-state index in [1.165, 1.54) is 54.9 Å². The number of fused-ring (bicyclic) bond motifs is 13. The number of hydrogen-bond acceptors (Lipinski definition) is 3. The molecule has 3 atom stereocenters. The molecule has 1 saturated carbocycles. The molecule has 1 N–H and O–H groups in total. The molecule has 1 aliphatic heterocycles. The number of methoxy groups -OCH3 is 1. The van der Waals surface area contributed by atoms with Gasteiger partial charge in [-0.2, -0.15) is 0 Å². The predicted octanol–water partition coefficient (Wildman–Crippen LogP) is 7.11. The summed E-state index contributed by atoms with van der Waals surface area (Å²) in [5.41, 5.74) is 7.90. The minimum absolute atomic E-state index is 0.287. The molecule has 3 unspecified atom stereocenters. The Labute approximate surface area is 235 Å². The van der Waals surface area contributed by atoms with Gasteiger partial charge >= 0.3 is 0 Å². The first-order valence-electron chi connectivity index (χ1n) is 14.4. The van der Waals surface area contributed by atoms with E-state index in [2.05, 4.69) is 113 Å². The molecule has 4 heteroatoms. The van der Waals surface area contributed by atoms with Crippen LogP contribution in [0.5, 0.6) is 0 Å². The van der Waals surface area contributed by atoms with Gasteiger partial charge in [-0.1, -0.05) is 76.2 Å². The van der Waals surface area contributed by atoms with Crippen molar-refractivity contribution < 1.29 is 14.4 Å². The molecule has 1 aromatic heterocycles. The third-order valence-corrected chi connectivity index (χ3v) is 10.9. The van der Waals surface area contributed by atoms with Crippen molar-refractivity contribution in [2.45, 2.75) is 69.6 Å². The Kier molecular flexibility index (Phi) is 4.35. The number of nitrogens with zero attached hydrogens (tertiary/aromatic N) is 2. The maximum absolute atomic E-state index is 12.3. The number of benzene rings is 4. The zero-order chi connectivity index (χ0) is 28.0. The van der Waals surface area contributed by atoms with E-state index in [9.17, 15) is 5.11 Å². The second kappa shape index (κ2) is 7.18. The highest BCUT2D eigenvalue weighted by Gasteiger charge is 2.91. The Hall–Kier alpha value is -3.60. The van der Waals surface area contributed by atoms with Crippen LogP contribution in [0.2, 0.25) is 0 Å². The van der Waals surface area contributed by atoms with Crippen LogP contribution in [0.25, 0.3) is 44.1 Å². The molecule has 8 rings (SSSR count). The number of aromatic nitrogens is 2. The summed E-state index contributed by atoms with van der Waals surface area (Å²) in [6, 6.07) is 24.3. The lowest BCUT2D eigenvalue weighted by Gasteiger charge is -2.32. The average molecular weight is 528 g/mol. The Bertz CT molecular complexity index is 1960. The Balaban J connectivity index is 1.56. The molecule has 1 fully saturated rings. The average Bonchev–Trinajstić information content (AvgIpc) is 3.25. The normalized spacial score (nSPS) is 26.8. The summed E-state index contributed by atoms with van der Waals surface area (Å²) >= 11 is 0. The molecule has 0 bridgehead atoms. The van der Waals surface area contributed by atoms with Gasteiger partial charge < -0.3 is 9.84 Å². The molecule has 2 heterocycles. The van der Waals surface area contributed by atoms with E-state index in [1.807, 2.05) is 6.33 Å². The van der Waals surface area contributed by atoms with E-state index >= 15 is 0 Å². The van der Waals surface area contributed by atoms with Crippen LogP contribution in [0.4, 0.5) is 0 Å². The summed E-state index contributed by atoms with van der Waals surface area (Å²) in [4.78, 5) is 5.16. The first-order valence-corrected chi connectivity index (χ1v) is 14.4. The van der Waals surface area contributed by atoms with Crippen LogP contribution < -0.4 is 4.57 Å². The quantitative estimate of drug-likeness (QED) is 0.197. The highest BCUT2D eigenvalue weighted by Crippen LogP contribution is 2.73. The molecule has 0 saturated heterocycles. The van der Waals surface area contributed by atoms with Gasteiger partial charge in [0.1, 0.15) is 11.1 Å². The molecule has 200 valence electrons. The summed E-state index contributed by atoms with van der Waals surface area (Å²) in [5, 5.41) is 17.2. The maximum atomic E-state index is 12.3. The summed E-state index contributed by atoms with van der Waals surface area (Å²) in [5.74, 6) is -1.04. The molecule has 4 nitrogen and oxygen atoms in total. The SMILES string of the molecule is COC1(O)C2(C)c3c(cc(C(C)C)c4ccccc34)-c3c4c(nc[n+]3C12C)-c1cc2ccccc2cc1C4(C)C. The first kappa shape index (κ1) is 24.2. The number of ether oxygens (including phenoxy) is 1. The van der Waals surface area contributed by atoms with Crippen LogP contribution in [-0.2, 0) is 21.1 Å². The van der Waals surface area contributed by atoms with Gasteiger partial charge in [0.25, 0.3) is 6.33 Å². The van der Waals surface area contributed by atoms with Crippen molar-refractivity contribution in [1.29, 1.82) is 0 Å². The van der Waals surface area contributed by atoms with Gasteiger partial charge in [-0.25, -0.2) is 4.57 Å². The highest BCUT2D eigenvalue weighted by molar-refractivity contribution is 5.99. The standard InChI is InChI=1S/C36H35N2O2/c1-20(2)25-18-27-29(24-15-11-10-14-23(24)25)34(5)35(6,36(34,39)40-7)38-19-37-31-26-16-21-12-8-9-13-22(21)17-28(26)33(3,4)30(31)32(27)38/h8-20,39H,1-7H3/q+1. The van der Waals surface area contributed by atoms with E-state index in [1.54, 1.807) is 7.11 Å². The molecular formula is C36H35N2O2+. The summed E-state index contributed by atoms with van der Waals surface area (Å²) < 4.78 is 8.27. The zero-order valence-corrected chi connectivity index (χ0v) is 24.3. The third-order valence-electron chi connectivity index (χ3n) is 10.9. The smallest absolute Gasteiger partial charge is 0.288 e. The van der Waals surface area contributed by atoms with Gasteiger partial charge in [0, 0.05) is 23.7 Å². The van der Waals surface area contributed by atoms with Gasteiger partial charge in [0.05, 0.1) is 5.56 Å². The number of rotatable bonds is 2. The molecule has 0 amide bonds. The Morgan fingerprint density at radius 1 is 0.825 bits per heavy atom. The zero-order valence-electron chi connectivity index (χ0n) is 24.3. The van der Waals surface area contributed by atoms with Gasteiger partial charge in [0.15, 0.2) is 11.2 Å². The van der Waals surface area contributed by atoms with Crippen molar-refractivity contribution in [3.63, 3.8) is 0 Å². The Morgan fingerprint density at radius 3 is 2.15 bits per heavy atom. The first-order chi connectivity index (χ1) is 19.0. The van der Waals surface area contributed by atoms with Crippen molar-refractivity contribution in [2.24, 2.45) is 0 Å². The molecule has 0 spiro atoms. The fourth-order valence-electron chi connectivity index (χ4n) is 8.61. The molecule has 40 heavy (non-hydrogen) atoms. The third kappa shape index (κ3) is 2.36. The number of hydrogen-bond donors (Lipinski definition) is 1. The summed E-state index contributed by atoms with van der Waals surface area (Å²) in [7, 11) is 1.63. The molecule has 3 aliphatic rings. The second-order valence-electron chi connectivity index (χ2n) is 13.2. The topological polar surface area (TPSA) is 46.2 Å².